The molecule has 0 aromatic heterocycles. The van der Waals surface area contributed by atoms with Crippen LogP contribution in [0.5, 0.6) is 0 Å². The first-order chi connectivity index (χ1) is 9.18. The zero-order chi connectivity index (χ0) is 14.0. The second kappa shape index (κ2) is 9.80. The van der Waals surface area contributed by atoms with E-state index < -0.39 is 0 Å². The average Bonchev–Trinajstić information content (AvgIpc) is 2.42. The van der Waals surface area contributed by atoms with E-state index in [2.05, 4.69) is 26.1 Å². The topological polar surface area (TPSA) is 12.0 Å². The van der Waals surface area contributed by atoms with Crippen LogP contribution in [0.2, 0.25) is 0 Å². The molecule has 1 aliphatic rings. The van der Waals surface area contributed by atoms with Crippen LogP contribution >= 0.6 is 0 Å². The van der Waals surface area contributed by atoms with Crippen LogP contribution in [0.4, 0.5) is 0 Å². The Morgan fingerprint density at radius 3 is 2.16 bits per heavy atom. The standard InChI is InChI=1S/C18H37N/c1-4-5-6-7-8-10-13-18(16-19-17(2)3)14-11-9-12-15-18/h17,19H,4-16H2,1-3H3. The Morgan fingerprint density at radius 1 is 0.895 bits per heavy atom. The van der Waals surface area contributed by atoms with E-state index in [-0.39, 0.29) is 0 Å². The van der Waals surface area contributed by atoms with Gasteiger partial charge < -0.3 is 5.32 Å². The number of rotatable bonds is 10. The molecule has 0 amide bonds. The summed E-state index contributed by atoms with van der Waals surface area (Å²) < 4.78 is 0. The molecule has 1 fully saturated rings. The molecule has 1 nitrogen and oxygen atoms in total. The SMILES string of the molecule is CCCCCCCCC1(CNC(C)C)CCCCC1. The molecule has 0 aromatic rings. The second-order valence-electron chi connectivity index (χ2n) is 7.11. The van der Waals surface area contributed by atoms with Gasteiger partial charge in [0.15, 0.2) is 0 Å². The quantitative estimate of drug-likeness (QED) is 0.502. The summed E-state index contributed by atoms with van der Waals surface area (Å²) in [5.41, 5.74) is 0.646. The lowest BCUT2D eigenvalue weighted by molar-refractivity contribution is 0.157. The maximum atomic E-state index is 3.72. The molecule has 1 rings (SSSR count). The van der Waals surface area contributed by atoms with Crippen LogP contribution in [0.3, 0.4) is 0 Å². The monoisotopic (exact) mass is 267 g/mol. The number of hydrogen-bond acceptors (Lipinski definition) is 1. The molecular formula is C18H37N. The van der Waals surface area contributed by atoms with E-state index in [9.17, 15) is 0 Å². The molecule has 0 spiro atoms. The van der Waals surface area contributed by atoms with Crippen molar-refractivity contribution in [3.63, 3.8) is 0 Å². The number of unbranched alkanes of at least 4 members (excludes halogenated alkanes) is 5. The van der Waals surface area contributed by atoms with Crippen LogP contribution in [-0.4, -0.2) is 12.6 Å². The average molecular weight is 268 g/mol. The summed E-state index contributed by atoms with van der Waals surface area (Å²) in [7, 11) is 0. The Morgan fingerprint density at radius 2 is 1.53 bits per heavy atom. The van der Waals surface area contributed by atoms with Gasteiger partial charge in [-0.3, -0.25) is 0 Å². The molecule has 0 aromatic carbocycles. The first kappa shape index (κ1) is 17.0. The molecule has 1 N–H and O–H groups in total. The van der Waals surface area contributed by atoms with Crippen molar-refractivity contribution in [3.05, 3.63) is 0 Å². The first-order valence-corrected chi connectivity index (χ1v) is 8.92. The summed E-state index contributed by atoms with van der Waals surface area (Å²) in [5, 5.41) is 3.72. The Bertz CT molecular complexity index is 204. The predicted octanol–water partition coefficient (Wildman–Crippen LogP) is 5.69. The third-order valence-corrected chi connectivity index (χ3v) is 4.86. The van der Waals surface area contributed by atoms with Gasteiger partial charge in [-0.15, -0.1) is 0 Å². The van der Waals surface area contributed by atoms with Gasteiger partial charge in [0, 0.05) is 12.6 Å². The molecule has 19 heavy (non-hydrogen) atoms. The van der Waals surface area contributed by atoms with Gasteiger partial charge in [0.05, 0.1) is 0 Å². The minimum Gasteiger partial charge on any atom is -0.314 e. The zero-order valence-corrected chi connectivity index (χ0v) is 13.8. The van der Waals surface area contributed by atoms with Gasteiger partial charge in [0.25, 0.3) is 0 Å². The maximum absolute atomic E-state index is 3.72. The Balaban J connectivity index is 2.24. The van der Waals surface area contributed by atoms with Gasteiger partial charge in [0.1, 0.15) is 0 Å². The summed E-state index contributed by atoms with van der Waals surface area (Å²) >= 11 is 0. The fourth-order valence-corrected chi connectivity index (χ4v) is 3.52. The van der Waals surface area contributed by atoms with Gasteiger partial charge in [-0.25, -0.2) is 0 Å². The molecule has 1 heteroatoms. The van der Waals surface area contributed by atoms with Crippen LogP contribution in [0, 0.1) is 5.41 Å². The van der Waals surface area contributed by atoms with Crippen molar-refractivity contribution in [2.45, 2.75) is 104 Å². The smallest absolute Gasteiger partial charge is 0.00106 e. The van der Waals surface area contributed by atoms with E-state index in [1.807, 2.05) is 0 Å². The molecule has 0 bridgehead atoms. The lowest BCUT2D eigenvalue weighted by Gasteiger charge is -2.38. The van der Waals surface area contributed by atoms with E-state index >= 15 is 0 Å². The molecular weight excluding hydrogens is 230 g/mol. The van der Waals surface area contributed by atoms with Crippen LogP contribution < -0.4 is 5.32 Å². The highest BCUT2D eigenvalue weighted by atomic mass is 14.9. The molecule has 1 saturated carbocycles. The van der Waals surface area contributed by atoms with Crippen molar-refractivity contribution in [2.75, 3.05) is 6.54 Å². The van der Waals surface area contributed by atoms with Crippen LogP contribution in [0.1, 0.15) is 97.8 Å². The van der Waals surface area contributed by atoms with E-state index in [1.54, 1.807) is 0 Å². The molecule has 0 heterocycles. The second-order valence-corrected chi connectivity index (χ2v) is 7.11. The van der Waals surface area contributed by atoms with Crippen molar-refractivity contribution in [3.8, 4) is 0 Å². The molecule has 114 valence electrons. The van der Waals surface area contributed by atoms with Crippen molar-refractivity contribution in [1.82, 2.24) is 5.32 Å². The van der Waals surface area contributed by atoms with Crippen LogP contribution in [0.25, 0.3) is 0 Å². The highest BCUT2D eigenvalue weighted by Gasteiger charge is 2.31. The van der Waals surface area contributed by atoms with Crippen LogP contribution in [0.15, 0.2) is 0 Å². The van der Waals surface area contributed by atoms with Crippen molar-refractivity contribution in [2.24, 2.45) is 5.41 Å². The molecule has 0 aliphatic heterocycles. The fourth-order valence-electron chi connectivity index (χ4n) is 3.52. The number of hydrogen-bond donors (Lipinski definition) is 1. The first-order valence-electron chi connectivity index (χ1n) is 8.92. The van der Waals surface area contributed by atoms with E-state index in [0.717, 1.165) is 0 Å². The Labute approximate surface area is 121 Å². The highest BCUT2D eigenvalue weighted by molar-refractivity contribution is 4.85. The minimum atomic E-state index is 0.642. The summed E-state index contributed by atoms with van der Waals surface area (Å²) in [6.07, 6.45) is 17.5. The normalized spacial score (nSPS) is 18.9. The van der Waals surface area contributed by atoms with Crippen molar-refractivity contribution >= 4 is 0 Å². The molecule has 0 radical (unpaired) electrons. The maximum Gasteiger partial charge on any atom is 0.00106 e. The molecule has 0 atom stereocenters. The lowest BCUT2D eigenvalue weighted by atomic mass is 9.70. The van der Waals surface area contributed by atoms with E-state index in [4.69, 9.17) is 0 Å². The summed E-state index contributed by atoms with van der Waals surface area (Å²) in [6, 6.07) is 0.642. The summed E-state index contributed by atoms with van der Waals surface area (Å²) in [6.45, 7) is 8.12. The summed E-state index contributed by atoms with van der Waals surface area (Å²) in [5.74, 6) is 0. The van der Waals surface area contributed by atoms with Gasteiger partial charge in [-0.05, 0) is 24.7 Å². The van der Waals surface area contributed by atoms with Crippen molar-refractivity contribution in [1.29, 1.82) is 0 Å². The predicted molar refractivity (Wildman–Crippen MR) is 86.6 cm³/mol. The van der Waals surface area contributed by atoms with E-state index in [1.165, 1.54) is 83.6 Å². The molecule has 0 saturated heterocycles. The summed E-state index contributed by atoms with van der Waals surface area (Å²) in [4.78, 5) is 0. The third-order valence-electron chi connectivity index (χ3n) is 4.86. The van der Waals surface area contributed by atoms with Gasteiger partial charge in [-0.1, -0.05) is 78.6 Å². The number of nitrogens with one attached hydrogen (secondary N) is 1. The minimum absolute atomic E-state index is 0.642. The third kappa shape index (κ3) is 7.34. The lowest BCUT2D eigenvalue weighted by Crippen LogP contribution is -2.39. The van der Waals surface area contributed by atoms with Gasteiger partial charge in [0.2, 0.25) is 0 Å². The van der Waals surface area contributed by atoms with Gasteiger partial charge in [-0.2, -0.15) is 0 Å². The Kier molecular flexibility index (Phi) is 8.77. The Hall–Kier alpha value is -0.0400. The zero-order valence-electron chi connectivity index (χ0n) is 13.8. The van der Waals surface area contributed by atoms with Crippen LogP contribution in [-0.2, 0) is 0 Å². The van der Waals surface area contributed by atoms with Gasteiger partial charge >= 0.3 is 0 Å². The largest absolute Gasteiger partial charge is 0.314 e. The van der Waals surface area contributed by atoms with Crippen molar-refractivity contribution < 1.29 is 0 Å². The molecule has 0 unspecified atom stereocenters. The highest BCUT2D eigenvalue weighted by Crippen LogP contribution is 2.40. The molecule has 1 aliphatic carbocycles. The fraction of sp³-hybridized carbons (Fsp3) is 1.00. The van der Waals surface area contributed by atoms with E-state index in [0.29, 0.717) is 11.5 Å².